The Morgan fingerprint density at radius 2 is 1.54 bits per heavy atom. The van der Waals surface area contributed by atoms with Crippen LogP contribution in [0.5, 0.6) is 0 Å². The predicted octanol–water partition coefficient (Wildman–Crippen LogP) is 4.50. The molecule has 0 saturated heterocycles. The zero-order chi connectivity index (χ0) is 18.7. The Labute approximate surface area is 151 Å². The number of carboxylic acids is 1. The molecule has 3 rings (SSSR count). The molecule has 26 heavy (non-hydrogen) atoms. The van der Waals surface area contributed by atoms with Crippen LogP contribution in [0.3, 0.4) is 0 Å². The van der Waals surface area contributed by atoms with E-state index in [1.165, 1.54) is 0 Å². The molecule has 134 valence electrons. The van der Waals surface area contributed by atoms with Gasteiger partial charge in [-0.15, -0.1) is 0 Å². The Morgan fingerprint density at radius 3 is 2.19 bits per heavy atom. The molecule has 0 radical (unpaired) electrons. The van der Waals surface area contributed by atoms with Gasteiger partial charge in [0.2, 0.25) is 0 Å². The molecule has 0 aromatic heterocycles. The lowest BCUT2D eigenvalue weighted by Gasteiger charge is -2.24. The maximum Gasteiger partial charge on any atom is 0.325 e. The largest absolute Gasteiger partial charge is 0.480 e. The molecule has 6 heteroatoms. The second-order valence-electron chi connectivity index (χ2n) is 6.22. The number of hydrogen-bond acceptors (Lipinski definition) is 2. The van der Waals surface area contributed by atoms with Crippen LogP contribution < -0.4 is 5.09 Å². The first-order chi connectivity index (χ1) is 12.4. The van der Waals surface area contributed by atoms with Crippen molar-refractivity contribution in [3.05, 3.63) is 83.9 Å². The van der Waals surface area contributed by atoms with Crippen LogP contribution in [0.2, 0.25) is 0 Å². The molecule has 0 aliphatic rings. The molecule has 0 fully saturated rings. The van der Waals surface area contributed by atoms with E-state index < -0.39 is 25.2 Å². The summed E-state index contributed by atoms with van der Waals surface area (Å²) < 4.78 is 12.9. The number of aliphatic carboxylic acids is 1. The van der Waals surface area contributed by atoms with Gasteiger partial charge < -0.3 is 10.00 Å². The molecule has 0 saturated carbocycles. The Morgan fingerprint density at radius 1 is 0.923 bits per heavy atom. The molecular weight excluding hydrogens is 349 g/mol. The van der Waals surface area contributed by atoms with Crippen molar-refractivity contribution in [1.82, 2.24) is 5.09 Å². The van der Waals surface area contributed by atoms with E-state index in [4.69, 9.17) is 0 Å². The lowest BCUT2D eigenvalue weighted by Crippen LogP contribution is -2.27. The predicted molar refractivity (Wildman–Crippen MR) is 102 cm³/mol. The number of nitrogens with one attached hydrogen (secondary N) is 1. The van der Waals surface area contributed by atoms with Crippen LogP contribution in [0.1, 0.15) is 29.8 Å². The first kappa shape index (κ1) is 18.3. The lowest BCUT2D eigenvalue weighted by atomic mass is 10.1. The lowest BCUT2D eigenvalue weighted by molar-refractivity contribution is -0.139. The van der Waals surface area contributed by atoms with E-state index in [9.17, 15) is 19.4 Å². The monoisotopic (exact) mass is 369 g/mol. The Bertz CT molecular complexity index is 974. The van der Waals surface area contributed by atoms with Gasteiger partial charge in [0, 0.05) is 0 Å². The van der Waals surface area contributed by atoms with Crippen molar-refractivity contribution < 1.29 is 19.4 Å². The summed E-state index contributed by atoms with van der Waals surface area (Å²) in [5, 5.41) is 14.0. The number of benzene rings is 3. The minimum absolute atomic E-state index is 0.431. The normalized spacial score (nSPS) is 15.9. The second kappa shape index (κ2) is 7.42. The molecule has 0 aliphatic heterocycles. The summed E-state index contributed by atoms with van der Waals surface area (Å²) in [7, 11) is -3.99. The van der Waals surface area contributed by atoms with Gasteiger partial charge >= 0.3 is 5.97 Å². The Hall–Kier alpha value is -2.46. The quantitative estimate of drug-likeness (QED) is 0.557. The standard InChI is InChI=1S/C20H20NO4P/c1-14(17-12-11-15-7-5-6-10-18(15)13-17)26(24,25)21-19(20(22)23)16-8-3-2-4-9-16/h2-14,19H,1H3,(H,22,23)(H2,21,24,25). The molecule has 0 bridgehead atoms. The maximum absolute atomic E-state index is 12.9. The van der Waals surface area contributed by atoms with Crippen LogP contribution in [-0.2, 0) is 9.36 Å². The van der Waals surface area contributed by atoms with Crippen molar-refractivity contribution in [1.29, 1.82) is 0 Å². The van der Waals surface area contributed by atoms with Gasteiger partial charge in [-0.05, 0) is 28.8 Å². The zero-order valence-corrected chi connectivity index (χ0v) is 15.1. The minimum atomic E-state index is -3.99. The van der Waals surface area contributed by atoms with Crippen molar-refractivity contribution in [3.8, 4) is 0 Å². The van der Waals surface area contributed by atoms with Crippen LogP contribution in [-0.4, -0.2) is 16.0 Å². The fourth-order valence-corrected chi connectivity index (χ4v) is 4.30. The minimum Gasteiger partial charge on any atom is -0.480 e. The van der Waals surface area contributed by atoms with Crippen molar-refractivity contribution in [2.45, 2.75) is 18.6 Å². The molecule has 3 aromatic carbocycles. The van der Waals surface area contributed by atoms with Gasteiger partial charge in [-0.25, -0.2) is 5.09 Å². The summed E-state index contributed by atoms with van der Waals surface area (Å²) in [5.41, 5.74) is 0.358. The molecule has 5 nitrogen and oxygen atoms in total. The highest BCUT2D eigenvalue weighted by atomic mass is 31.2. The van der Waals surface area contributed by atoms with E-state index in [0.717, 1.165) is 10.8 Å². The number of hydrogen-bond donors (Lipinski definition) is 3. The van der Waals surface area contributed by atoms with Gasteiger partial charge in [0.25, 0.3) is 7.52 Å². The highest BCUT2D eigenvalue weighted by Gasteiger charge is 2.34. The van der Waals surface area contributed by atoms with Crippen molar-refractivity contribution in [3.63, 3.8) is 0 Å². The van der Waals surface area contributed by atoms with Crippen LogP contribution in [0.4, 0.5) is 0 Å². The summed E-state index contributed by atoms with van der Waals surface area (Å²) in [6.45, 7) is 1.63. The smallest absolute Gasteiger partial charge is 0.325 e. The van der Waals surface area contributed by atoms with Gasteiger partial charge in [-0.2, -0.15) is 0 Å². The van der Waals surface area contributed by atoms with E-state index in [-0.39, 0.29) is 0 Å². The summed E-state index contributed by atoms with van der Waals surface area (Å²) in [6.07, 6.45) is 0. The SMILES string of the molecule is CC(c1ccc2ccccc2c1)P(=O)(O)NC(C(=O)O)c1ccccc1. The zero-order valence-electron chi connectivity index (χ0n) is 14.2. The van der Waals surface area contributed by atoms with E-state index in [2.05, 4.69) is 5.09 Å². The first-order valence-electron chi connectivity index (χ1n) is 8.25. The van der Waals surface area contributed by atoms with Gasteiger partial charge in [-0.1, -0.05) is 72.8 Å². The molecule has 0 amide bonds. The molecule has 3 N–H and O–H groups in total. The highest BCUT2D eigenvalue weighted by Crippen LogP contribution is 2.53. The van der Waals surface area contributed by atoms with Crippen molar-refractivity contribution in [2.24, 2.45) is 0 Å². The molecule has 3 atom stereocenters. The van der Waals surface area contributed by atoms with Gasteiger partial charge in [-0.3, -0.25) is 9.36 Å². The molecule has 0 aliphatic carbocycles. The van der Waals surface area contributed by atoms with Gasteiger partial charge in [0.15, 0.2) is 0 Å². The third-order valence-electron chi connectivity index (χ3n) is 4.47. The van der Waals surface area contributed by atoms with Crippen LogP contribution in [0.25, 0.3) is 10.8 Å². The molecular formula is C20H20NO4P. The third-order valence-corrected chi connectivity index (χ3v) is 6.45. The molecule has 3 aromatic rings. The van der Waals surface area contributed by atoms with Gasteiger partial charge in [0.1, 0.15) is 6.04 Å². The van der Waals surface area contributed by atoms with Crippen molar-refractivity contribution >= 4 is 24.3 Å². The number of fused-ring (bicyclic) bond motifs is 1. The second-order valence-corrected chi connectivity index (χ2v) is 8.50. The topological polar surface area (TPSA) is 86.6 Å². The Balaban J connectivity index is 1.89. The van der Waals surface area contributed by atoms with E-state index in [1.54, 1.807) is 43.3 Å². The number of carboxylic acid groups (broad SMARTS) is 1. The van der Waals surface area contributed by atoms with Crippen LogP contribution in [0.15, 0.2) is 72.8 Å². The highest BCUT2D eigenvalue weighted by molar-refractivity contribution is 7.56. The summed E-state index contributed by atoms with van der Waals surface area (Å²) in [6, 6.07) is 20.4. The van der Waals surface area contributed by atoms with Crippen LogP contribution in [0, 0.1) is 0 Å². The van der Waals surface area contributed by atoms with Crippen LogP contribution >= 0.6 is 7.52 Å². The third kappa shape index (κ3) is 3.86. The summed E-state index contributed by atoms with van der Waals surface area (Å²) in [4.78, 5) is 22.2. The number of rotatable bonds is 6. The fourth-order valence-electron chi connectivity index (χ4n) is 2.88. The Kier molecular flexibility index (Phi) is 5.23. The fraction of sp³-hybridized carbons (Fsp3) is 0.150. The maximum atomic E-state index is 12.9. The van der Waals surface area contributed by atoms with E-state index in [1.807, 2.05) is 36.4 Å². The molecule has 0 spiro atoms. The van der Waals surface area contributed by atoms with Crippen molar-refractivity contribution in [2.75, 3.05) is 0 Å². The average Bonchev–Trinajstić information content (AvgIpc) is 2.65. The van der Waals surface area contributed by atoms with E-state index in [0.29, 0.717) is 11.1 Å². The molecule has 3 unspecified atom stereocenters. The summed E-state index contributed by atoms with van der Waals surface area (Å²) >= 11 is 0. The number of carbonyl (C=O) groups is 1. The summed E-state index contributed by atoms with van der Waals surface area (Å²) in [5.74, 6) is -1.20. The van der Waals surface area contributed by atoms with E-state index >= 15 is 0 Å². The van der Waals surface area contributed by atoms with Gasteiger partial charge in [0.05, 0.1) is 5.66 Å². The molecule has 0 heterocycles. The average molecular weight is 369 g/mol. The first-order valence-corrected chi connectivity index (χ1v) is 9.98.